The number of nitrogens with one attached hydrogen (secondary N) is 1. The minimum atomic E-state index is 0.503. The van der Waals surface area contributed by atoms with Crippen molar-refractivity contribution >= 4 is 0 Å². The maximum atomic E-state index is 3.65. The lowest BCUT2D eigenvalue weighted by molar-refractivity contribution is 0.281. The Kier molecular flexibility index (Phi) is 5.72. The van der Waals surface area contributed by atoms with Gasteiger partial charge in [0.05, 0.1) is 6.17 Å². The van der Waals surface area contributed by atoms with Crippen LogP contribution in [0.1, 0.15) is 66.2 Å². The highest BCUT2D eigenvalue weighted by Gasteiger charge is 2.25. The van der Waals surface area contributed by atoms with Gasteiger partial charge >= 0.3 is 0 Å². The molecule has 1 aliphatic rings. The molecule has 0 fully saturated rings. The molecule has 94 valence electrons. The molecule has 1 unspecified atom stereocenters. The lowest BCUT2D eigenvalue weighted by atomic mass is 10.1. The molecule has 0 aromatic rings. The summed E-state index contributed by atoms with van der Waals surface area (Å²) in [5.74, 6) is 0. The minimum absolute atomic E-state index is 0.503. The van der Waals surface area contributed by atoms with Gasteiger partial charge in [0.2, 0.25) is 0 Å². The van der Waals surface area contributed by atoms with Crippen molar-refractivity contribution in [1.82, 2.24) is 10.2 Å². The van der Waals surface area contributed by atoms with E-state index >= 15 is 0 Å². The number of hydrogen-bond acceptors (Lipinski definition) is 2. The Hall–Kier alpha value is -0.660. The van der Waals surface area contributed by atoms with Crippen LogP contribution in [0.3, 0.4) is 0 Å². The largest absolute Gasteiger partial charge is 0.367 e. The van der Waals surface area contributed by atoms with E-state index in [0.29, 0.717) is 6.17 Å². The molecule has 0 spiro atoms. The van der Waals surface area contributed by atoms with Crippen molar-refractivity contribution in [3.8, 4) is 0 Å². The van der Waals surface area contributed by atoms with Crippen LogP contribution in [0, 0.1) is 0 Å². The molecule has 0 amide bonds. The Morgan fingerprint density at radius 3 is 2.25 bits per heavy atom. The third-order valence-electron chi connectivity index (χ3n) is 3.43. The molecular formula is C14H28N2. The van der Waals surface area contributed by atoms with Gasteiger partial charge in [0.25, 0.3) is 0 Å². The van der Waals surface area contributed by atoms with Crippen LogP contribution in [0.4, 0.5) is 0 Å². The summed E-state index contributed by atoms with van der Waals surface area (Å²) < 4.78 is 0. The molecule has 0 aromatic heterocycles. The third kappa shape index (κ3) is 3.16. The molecule has 2 heteroatoms. The zero-order chi connectivity index (χ0) is 12.0. The summed E-state index contributed by atoms with van der Waals surface area (Å²) in [5.41, 5.74) is 3.11. The van der Waals surface area contributed by atoms with E-state index in [2.05, 4.69) is 37.9 Å². The monoisotopic (exact) mass is 224 g/mol. The summed E-state index contributed by atoms with van der Waals surface area (Å²) in [5, 5.41) is 3.65. The van der Waals surface area contributed by atoms with Gasteiger partial charge in [0, 0.05) is 17.9 Å². The van der Waals surface area contributed by atoms with Crippen molar-refractivity contribution in [1.29, 1.82) is 0 Å². The van der Waals surface area contributed by atoms with Gasteiger partial charge in [0.15, 0.2) is 0 Å². The van der Waals surface area contributed by atoms with Crippen LogP contribution in [-0.4, -0.2) is 17.6 Å². The summed E-state index contributed by atoms with van der Waals surface area (Å²) in [7, 11) is 0. The lowest BCUT2D eigenvalue weighted by Crippen LogP contribution is -2.34. The Balaban J connectivity index is 2.68. The Morgan fingerprint density at radius 1 is 1.06 bits per heavy atom. The summed E-state index contributed by atoms with van der Waals surface area (Å²) in [6, 6.07) is 0. The normalized spacial score (nSPS) is 20.5. The van der Waals surface area contributed by atoms with Crippen LogP contribution in [0.5, 0.6) is 0 Å². The molecule has 1 atom stereocenters. The van der Waals surface area contributed by atoms with Crippen LogP contribution in [0.15, 0.2) is 11.4 Å². The van der Waals surface area contributed by atoms with Crippen molar-refractivity contribution in [3.05, 3.63) is 11.4 Å². The summed E-state index contributed by atoms with van der Waals surface area (Å²) in [6.07, 6.45) is 8.18. The van der Waals surface area contributed by atoms with Gasteiger partial charge in [-0.3, -0.25) is 0 Å². The minimum Gasteiger partial charge on any atom is -0.367 e. The molecular weight excluding hydrogens is 196 g/mol. The highest BCUT2D eigenvalue weighted by Crippen LogP contribution is 2.27. The maximum Gasteiger partial charge on any atom is 0.0956 e. The Labute approximate surface area is 101 Å². The quantitative estimate of drug-likeness (QED) is 0.706. The van der Waals surface area contributed by atoms with E-state index < -0.39 is 0 Å². The average molecular weight is 224 g/mol. The second kappa shape index (κ2) is 6.82. The number of rotatable bonds is 7. The number of nitrogens with zero attached hydrogens (tertiary/aromatic N) is 1. The van der Waals surface area contributed by atoms with E-state index in [0.717, 1.165) is 6.54 Å². The molecule has 2 nitrogen and oxygen atoms in total. The van der Waals surface area contributed by atoms with E-state index in [-0.39, 0.29) is 0 Å². The van der Waals surface area contributed by atoms with Crippen LogP contribution < -0.4 is 5.32 Å². The zero-order valence-corrected chi connectivity index (χ0v) is 11.5. The van der Waals surface area contributed by atoms with Crippen LogP contribution >= 0.6 is 0 Å². The lowest BCUT2D eigenvalue weighted by Gasteiger charge is -2.24. The van der Waals surface area contributed by atoms with Crippen molar-refractivity contribution in [2.75, 3.05) is 6.54 Å². The highest BCUT2D eigenvalue weighted by molar-refractivity contribution is 5.18. The molecule has 0 aromatic carbocycles. The molecule has 1 aliphatic heterocycles. The molecule has 0 aliphatic carbocycles. The van der Waals surface area contributed by atoms with E-state index in [1.807, 2.05) is 0 Å². The molecule has 0 saturated carbocycles. The van der Waals surface area contributed by atoms with Crippen LogP contribution in [0.25, 0.3) is 0 Å². The van der Waals surface area contributed by atoms with E-state index in [4.69, 9.17) is 0 Å². The number of hydrogen-bond donors (Lipinski definition) is 1. The standard InChI is InChI=1S/C14H28N2/c1-5-8-10-13-14(11-9-6-2)16(7-3)12(4)15-13/h12,15H,5-11H2,1-4H3. The third-order valence-corrected chi connectivity index (χ3v) is 3.43. The molecule has 0 radical (unpaired) electrons. The molecule has 16 heavy (non-hydrogen) atoms. The van der Waals surface area contributed by atoms with Gasteiger partial charge in [-0.25, -0.2) is 0 Å². The van der Waals surface area contributed by atoms with Crippen molar-refractivity contribution in [3.63, 3.8) is 0 Å². The van der Waals surface area contributed by atoms with E-state index in [1.165, 1.54) is 44.2 Å². The molecule has 0 bridgehead atoms. The first-order valence-corrected chi connectivity index (χ1v) is 6.99. The molecule has 1 N–H and O–H groups in total. The van der Waals surface area contributed by atoms with Crippen molar-refractivity contribution < 1.29 is 0 Å². The zero-order valence-electron chi connectivity index (χ0n) is 11.5. The predicted molar refractivity (Wildman–Crippen MR) is 71.1 cm³/mol. The SMILES string of the molecule is CCCCC1=C(CCCC)N(CC)C(C)N1. The fraction of sp³-hybridized carbons (Fsp3) is 0.857. The number of unbranched alkanes of at least 4 members (excludes halogenated alkanes) is 2. The van der Waals surface area contributed by atoms with Gasteiger partial charge in [-0.05, 0) is 39.5 Å². The fourth-order valence-electron chi connectivity index (χ4n) is 2.49. The summed E-state index contributed by atoms with van der Waals surface area (Å²) >= 11 is 0. The smallest absolute Gasteiger partial charge is 0.0956 e. The maximum absolute atomic E-state index is 3.65. The van der Waals surface area contributed by atoms with Crippen LogP contribution in [0.2, 0.25) is 0 Å². The van der Waals surface area contributed by atoms with E-state index in [1.54, 1.807) is 5.70 Å². The topological polar surface area (TPSA) is 15.3 Å². The van der Waals surface area contributed by atoms with Crippen LogP contribution in [-0.2, 0) is 0 Å². The predicted octanol–water partition coefficient (Wildman–Crippen LogP) is 3.85. The van der Waals surface area contributed by atoms with Crippen molar-refractivity contribution in [2.24, 2.45) is 0 Å². The molecule has 1 heterocycles. The average Bonchev–Trinajstić information content (AvgIpc) is 2.59. The van der Waals surface area contributed by atoms with Crippen molar-refractivity contribution in [2.45, 2.75) is 72.4 Å². The summed E-state index contributed by atoms with van der Waals surface area (Å²) in [6.45, 7) is 10.2. The second-order valence-corrected chi connectivity index (χ2v) is 4.74. The molecule has 0 saturated heterocycles. The first-order valence-electron chi connectivity index (χ1n) is 6.99. The summed E-state index contributed by atoms with van der Waals surface area (Å²) in [4.78, 5) is 2.53. The van der Waals surface area contributed by atoms with Gasteiger partial charge in [0.1, 0.15) is 0 Å². The second-order valence-electron chi connectivity index (χ2n) is 4.74. The Bertz CT molecular complexity index is 233. The van der Waals surface area contributed by atoms with Gasteiger partial charge in [-0.1, -0.05) is 26.7 Å². The number of allylic oxidation sites excluding steroid dienone is 2. The first-order chi connectivity index (χ1) is 7.74. The van der Waals surface area contributed by atoms with Gasteiger partial charge < -0.3 is 10.2 Å². The molecule has 1 rings (SSSR count). The fourth-order valence-corrected chi connectivity index (χ4v) is 2.49. The van der Waals surface area contributed by atoms with Gasteiger partial charge in [-0.2, -0.15) is 0 Å². The van der Waals surface area contributed by atoms with Gasteiger partial charge in [-0.15, -0.1) is 0 Å². The van der Waals surface area contributed by atoms with E-state index in [9.17, 15) is 0 Å². The first kappa shape index (κ1) is 13.4. The Morgan fingerprint density at radius 2 is 1.69 bits per heavy atom. The highest BCUT2D eigenvalue weighted by atomic mass is 15.3.